The van der Waals surface area contributed by atoms with E-state index in [0.29, 0.717) is 21.9 Å². The maximum Gasteiger partial charge on any atom is 0.268 e. The molecule has 0 aromatic heterocycles. The molecule has 0 unspecified atom stereocenters. The van der Waals surface area contributed by atoms with E-state index in [1.165, 1.54) is 17.8 Å². The third-order valence-corrected chi connectivity index (χ3v) is 4.81. The fourth-order valence-electron chi connectivity index (χ4n) is 2.39. The van der Waals surface area contributed by atoms with Crippen molar-refractivity contribution in [3.8, 4) is 0 Å². The Morgan fingerprint density at radius 1 is 1.10 bits per heavy atom. The molecule has 2 aromatic carbocycles. The van der Waals surface area contributed by atoms with Gasteiger partial charge in [-0.1, -0.05) is 41.9 Å². The van der Waals surface area contributed by atoms with Gasteiger partial charge in [-0.15, -0.1) is 0 Å². The molecule has 152 valence electrons. The fourth-order valence-corrected chi connectivity index (χ4v) is 2.99. The number of hydrogen-bond acceptors (Lipinski definition) is 5. The number of amides is 2. The molecule has 0 saturated carbocycles. The molecule has 1 atom stereocenters. The monoisotopic (exact) mass is 431 g/mol. The van der Waals surface area contributed by atoms with Crippen LogP contribution in [-0.2, 0) is 9.59 Å². The first-order valence-electron chi connectivity index (χ1n) is 8.75. The lowest BCUT2D eigenvalue weighted by atomic mass is 10.1. The van der Waals surface area contributed by atoms with E-state index in [-0.39, 0.29) is 12.1 Å². The highest BCUT2D eigenvalue weighted by Crippen LogP contribution is 2.13. The van der Waals surface area contributed by atoms with Gasteiger partial charge in [-0.3, -0.25) is 9.59 Å². The van der Waals surface area contributed by atoms with Crippen molar-refractivity contribution < 1.29 is 19.5 Å². The van der Waals surface area contributed by atoms with Crippen LogP contribution in [0.1, 0.15) is 22.3 Å². The van der Waals surface area contributed by atoms with Crippen LogP contribution >= 0.6 is 23.4 Å². The van der Waals surface area contributed by atoms with Crippen molar-refractivity contribution in [1.82, 2.24) is 10.6 Å². The number of nitrogens with one attached hydrogen (secondary N) is 2. The molecule has 2 amide bonds. The van der Waals surface area contributed by atoms with Crippen LogP contribution in [0.4, 0.5) is 0 Å². The fraction of sp³-hybridized carbons (Fsp3) is 0.190. The second-order valence-corrected chi connectivity index (χ2v) is 7.48. The highest BCUT2D eigenvalue weighted by atomic mass is 35.5. The Morgan fingerprint density at radius 2 is 1.76 bits per heavy atom. The van der Waals surface area contributed by atoms with Gasteiger partial charge in [0.05, 0.1) is 12.0 Å². The minimum absolute atomic E-state index is 0.0865. The lowest BCUT2D eigenvalue weighted by Gasteiger charge is -2.20. The molecule has 6 nitrogen and oxygen atoms in total. The van der Waals surface area contributed by atoms with Crippen LogP contribution < -0.4 is 15.7 Å². The summed E-state index contributed by atoms with van der Waals surface area (Å²) in [5, 5.41) is 16.8. The molecule has 0 saturated heterocycles. The summed E-state index contributed by atoms with van der Waals surface area (Å²) in [5.74, 6) is -2.06. The van der Waals surface area contributed by atoms with Crippen molar-refractivity contribution in [3.63, 3.8) is 0 Å². The highest BCUT2D eigenvalue weighted by Gasteiger charge is 2.19. The Bertz CT molecular complexity index is 885. The molecule has 0 spiro atoms. The number of carbonyl (C=O) groups is 3. The highest BCUT2D eigenvalue weighted by molar-refractivity contribution is 7.98. The van der Waals surface area contributed by atoms with Gasteiger partial charge in [0.2, 0.25) is 0 Å². The van der Waals surface area contributed by atoms with Crippen molar-refractivity contribution in [2.45, 2.75) is 12.5 Å². The van der Waals surface area contributed by atoms with Crippen LogP contribution in [0.5, 0.6) is 0 Å². The van der Waals surface area contributed by atoms with Gasteiger partial charge in [0.25, 0.3) is 11.8 Å². The molecule has 8 heteroatoms. The molecule has 0 aliphatic carbocycles. The largest absolute Gasteiger partial charge is 0.548 e. The van der Waals surface area contributed by atoms with E-state index < -0.39 is 23.8 Å². The van der Waals surface area contributed by atoms with Crippen molar-refractivity contribution in [2.24, 2.45) is 0 Å². The van der Waals surface area contributed by atoms with E-state index in [0.717, 1.165) is 0 Å². The molecule has 0 radical (unpaired) electrons. The van der Waals surface area contributed by atoms with Gasteiger partial charge in [-0.05, 0) is 54.3 Å². The van der Waals surface area contributed by atoms with Gasteiger partial charge in [0, 0.05) is 10.6 Å². The van der Waals surface area contributed by atoms with Gasteiger partial charge < -0.3 is 20.5 Å². The van der Waals surface area contributed by atoms with Gasteiger partial charge in [-0.25, -0.2) is 0 Å². The second-order valence-electron chi connectivity index (χ2n) is 6.06. The molecule has 2 aromatic rings. The zero-order valence-electron chi connectivity index (χ0n) is 15.7. The average molecular weight is 432 g/mol. The van der Waals surface area contributed by atoms with E-state index in [1.54, 1.807) is 54.6 Å². The standard InChI is InChI=1S/C21H21ClN2O4S/c1-29-12-11-17(21(27)28)23-20(26)18(13-14-7-9-16(22)10-8-14)24-19(25)15-5-3-2-4-6-15/h2-10,13,17H,11-12H2,1H3,(H,23,26)(H,24,25)(H,27,28)/p-1/b18-13-/t17-/m1/s1. The summed E-state index contributed by atoms with van der Waals surface area (Å²) in [7, 11) is 0. The minimum Gasteiger partial charge on any atom is -0.548 e. The van der Waals surface area contributed by atoms with E-state index in [4.69, 9.17) is 11.6 Å². The molecule has 0 bridgehead atoms. The lowest BCUT2D eigenvalue weighted by Crippen LogP contribution is -2.50. The molecular weight excluding hydrogens is 412 g/mol. The van der Waals surface area contributed by atoms with Crippen molar-refractivity contribution in [3.05, 3.63) is 76.4 Å². The Hall–Kier alpha value is -2.77. The molecule has 0 aliphatic rings. The molecule has 0 heterocycles. The number of carbonyl (C=O) groups excluding carboxylic acids is 3. The van der Waals surface area contributed by atoms with Crippen LogP contribution in [0.2, 0.25) is 5.02 Å². The number of carboxylic acid groups (broad SMARTS) is 1. The van der Waals surface area contributed by atoms with Crippen molar-refractivity contribution >= 4 is 47.2 Å². The number of rotatable bonds is 9. The zero-order valence-corrected chi connectivity index (χ0v) is 17.3. The first-order chi connectivity index (χ1) is 13.9. The Kier molecular flexibility index (Phi) is 8.76. The summed E-state index contributed by atoms with van der Waals surface area (Å²) >= 11 is 7.34. The second kappa shape index (κ2) is 11.3. The third-order valence-electron chi connectivity index (χ3n) is 3.91. The van der Waals surface area contributed by atoms with Gasteiger partial charge in [0.1, 0.15) is 5.70 Å². The normalized spacial score (nSPS) is 12.1. The summed E-state index contributed by atoms with van der Waals surface area (Å²) < 4.78 is 0. The molecular formula is C21H20ClN2O4S-. The van der Waals surface area contributed by atoms with Gasteiger partial charge in [-0.2, -0.15) is 11.8 Å². The molecule has 0 aliphatic heterocycles. The van der Waals surface area contributed by atoms with Crippen molar-refractivity contribution in [1.29, 1.82) is 0 Å². The maximum absolute atomic E-state index is 12.7. The van der Waals surface area contributed by atoms with Crippen LogP contribution in [0.15, 0.2) is 60.3 Å². The summed E-state index contributed by atoms with van der Waals surface area (Å²) in [4.78, 5) is 36.6. The molecule has 29 heavy (non-hydrogen) atoms. The van der Waals surface area contributed by atoms with Crippen LogP contribution in [0.3, 0.4) is 0 Å². The van der Waals surface area contributed by atoms with Crippen LogP contribution in [0.25, 0.3) is 6.08 Å². The van der Waals surface area contributed by atoms with E-state index >= 15 is 0 Å². The minimum atomic E-state index is -1.38. The number of carboxylic acids is 1. The number of benzene rings is 2. The van der Waals surface area contributed by atoms with E-state index in [1.807, 2.05) is 6.26 Å². The van der Waals surface area contributed by atoms with Crippen LogP contribution in [0, 0.1) is 0 Å². The first-order valence-corrected chi connectivity index (χ1v) is 10.5. The Labute approximate surface area is 178 Å². The number of aliphatic carboxylic acids is 1. The average Bonchev–Trinajstić information content (AvgIpc) is 2.72. The first kappa shape index (κ1) is 22.5. The van der Waals surface area contributed by atoms with Gasteiger partial charge >= 0.3 is 0 Å². The van der Waals surface area contributed by atoms with Crippen LogP contribution in [-0.4, -0.2) is 35.8 Å². The summed E-state index contributed by atoms with van der Waals surface area (Å²) in [5.41, 5.74) is 0.889. The number of halogens is 1. The molecule has 2 rings (SSSR count). The van der Waals surface area contributed by atoms with E-state index in [9.17, 15) is 19.5 Å². The predicted molar refractivity (Wildman–Crippen MR) is 113 cm³/mol. The quantitative estimate of drug-likeness (QED) is 0.592. The lowest BCUT2D eigenvalue weighted by molar-refractivity contribution is -0.308. The maximum atomic E-state index is 12.7. The smallest absolute Gasteiger partial charge is 0.268 e. The SMILES string of the molecule is CSCC[C@@H](NC(=O)/C(=C/c1ccc(Cl)cc1)NC(=O)c1ccccc1)C(=O)[O-]. The number of hydrogen-bond donors (Lipinski definition) is 2. The zero-order chi connectivity index (χ0) is 21.2. The molecule has 0 fully saturated rings. The third kappa shape index (κ3) is 7.29. The number of thioether (sulfide) groups is 1. The summed E-state index contributed by atoms with van der Waals surface area (Å²) in [6.07, 6.45) is 3.49. The predicted octanol–water partition coefficient (Wildman–Crippen LogP) is 2.10. The van der Waals surface area contributed by atoms with Gasteiger partial charge in [0.15, 0.2) is 0 Å². The molecule has 2 N–H and O–H groups in total. The van der Waals surface area contributed by atoms with Crippen molar-refractivity contribution in [2.75, 3.05) is 12.0 Å². The summed E-state index contributed by atoms with van der Waals surface area (Å²) in [6.45, 7) is 0. The topological polar surface area (TPSA) is 98.3 Å². The Balaban J connectivity index is 2.27. The Morgan fingerprint density at radius 3 is 2.34 bits per heavy atom. The van der Waals surface area contributed by atoms with E-state index in [2.05, 4.69) is 10.6 Å². The summed E-state index contributed by atoms with van der Waals surface area (Å²) in [6, 6.07) is 13.8.